The molecule has 2 aromatic rings. The van der Waals surface area contributed by atoms with Gasteiger partial charge in [-0.15, -0.1) is 0 Å². The summed E-state index contributed by atoms with van der Waals surface area (Å²) >= 11 is 0. The maximum atomic E-state index is 12.3. The van der Waals surface area contributed by atoms with Crippen LogP contribution >= 0.6 is 0 Å². The number of hydrogen-bond acceptors (Lipinski definition) is 6. The Bertz CT molecular complexity index is 739. The van der Waals surface area contributed by atoms with Crippen molar-refractivity contribution in [2.75, 3.05) is 18.5 Å². The van der Waals surface area contributed by atoms with Gasteiger partial charge in [-0.3, -0.25) is 9.89 Å². The van der Waals surface area contributed by atoms with E-state index in [1.807, 2.05) is 0 Å². The van der Waals surface area contributed by atoms with Gasteiger partial charge in [0.15, 0.2) is 5.82 Å². The summed E-state index contributed by atoms with van der Waals surface area (Å²) in [6.07, 6.45) is 0.0864. The number of nitrogens with one attached hydrogen (secondary N) is 3. The van der Waals surface area contributed by atoms with Gasteiger partial charge in [-0.05, 0) is 31.2 Å². The number of anilines is 1. The van der Waals surface area contributed by atoms with Gasteiger partial charge < -0.3 is 20.1 Å². The maximum absolute atomic E-state index is 12.3. The zero-order valence-corrected chi connectivity index (χ0v) is 13.2. The van der Waals surface area contributed by atoms with Gasteiger partial charge in [-0.25, -0.2) is 4.79 Å². The van der Waals surface area contributed by atoms with Gasteiger partial charge in [0, 0.05) is 36.3 Å². The molecule has 1 aromatic heterocycles. The Balaban J connectivity index is 1.65. The van der Waals surface area contributed by atoms with Gasteiger partial charge in [0.2, 0.25) is 0 Å². The number of rotatable bonds is 4. The molecule has 2 heterocycles. The molecule has 3 rings (SSSR count). The minimum absolute atomic E-state index is 0.238. The molecule has 0 unspecified atom stereocenters. The third-order valence-electron chi connectivity index (χ3n) is 3.62. The molecule has 1 amide bonds. The number of fused-ring (bicyclic) bond motifs is 1. The number of H-pyrrole nitrogens is 1. The number of nitrogens with zero attached hydrogens (tertiary/aromatic N) is 1. The molecule has 0 saturated heterocycles. The first-order chi connectivity index (χ1) is 11.7. The third-order valence-corrected chi connectivity index (χ3v) is 3.62. The Morgan fingerprint density at radius 3 is 2.83 bits per heavy atom. The molecule has 0 fully saturated rings. The van der Waals surface area contributed by atoms with Gasteiger partial charge in [0.1, 0.15) is 5.75 Å². The Hall–Kier alpha value is -2.87. The van der Waals surface area contributed by atoms with E-state index in [-0.39, 0.29) is 12.5 Å². The van der Waals surface area contributed by atoms with E-state index < -0.39 is 6.16 Å². The Morgan fingerprint density at radius 2 is 2.08 bits per heavy atom. The largest absolute Gasteiger partial charge is 0.513 e. The van der Waals surface area contributed by atoms with Crippen molar-refractivity contribution in [3.05, 3.63) is 41.1 Å². The van der Waals surface area contributed by atoms with E-state index in [9.17, 15) is 9.59 Å². The van der Waals surface area contributed by atoms with Crippen LogP contribution in [0.1, 0.15) is 28.5 Å². The number of carbonyl (C=O) groups excluding carboxylic acids is 2. The summed E-state index contributed by atoms with van der Waals surface area (Å²) < 4.78 is 9.64. The summed E-state index contributed by atoms with van der Waals surface area (Å²) in [6, 6.07) is 6.21. The molecule has 0 bridgehead atoms. The molecule has 1 aromatic carbocycles. The summed E-state index contributed by atoms with van der Waals surface area (Å²) in [4.78, 5) is 23.6. The fourth-order valence-electron chi connectivity index (χ4n) is 2.43. The van der Waals surface area contributed by atoms with Crippen LogP contribution < -0.4 is 15.4 Å². The molecule has 0 spiro atoms. The molecule has 0 aliphatic carbocycles. The summed E-state index contributed by atoms with van der Waals surface area (Å²) in [6.45, 7) is 3.50. The van der Waals surface area contributed by atoms with Crippen molar-refractivity contribution in [2.24, 2.45) is 0 Å². The highest BCUT2D eigenvalue weighted by Crippen LogP contribution is 2.21. The average Bonchev–Trinajstić information content (AvgIpc) is 2.99. The molecule has 8 heteroatoms. The molecule has 0 saturated carbocycles. The summed E-state index contributed by atoms with van der Waals surface area (Å²) in [5.41, 5.74) is 2.46. The van der Waals surface area contributed by atoms with Gasteiger partial charge in [0.25, 0.3) is 5.91 Å². The maximum Gasteiger partial charge on any atom is 0.513 e. The van der Waals surface area contributed by atoms with Crippen molar-refractivity contribution in [2.45, 2.75) is 19.9 Å². The lowest BCUT2D eigenvalue weighted by Crippen LogP contribution is -2.24. The van der Waals surface area contributed by atoms with Crippen molar-refractivity contribution in [1.29, 1.82) is 0 Å². The molecule has 8 nitrogen and oxygen atoms in total. The average molecular weight is 330 g/mol. The summed E-state index contributed by atoms with van der Waals surface area (Å²) in [7, 11) is 0. The summed E-state index contributed by atoms with van der Waals surface area (Å²) in [5, 5.41) is 13.1. The van der Waals surface area contributed by atoms with Crippen LogP contribution in [0.4, 0.5) is 10.6 Å². The molecular weight excluding hydrogens is 312 g/mol. The SMILES string of the molecule is CCOC(=O)Oc1ccc(C(=O)Nc2n[nH]c3c2CNCC3)cc1. The molecule has 126 valence electrons. The molecule has 24 heavy (non-hydrogen) atoms. The monoisotopic (exact) mass is 330 g/mol. The Kier molecular flexibility index (Phi) is 4.76. The van der Waals surface area contributed by atoms with E-state index in [0.717, 1.165) is 24.2 Å². The van der Waals surface area contributed by atoms with Crippen molar-refractivity contribution >= 4 is 17.9 Å². The van der Waals surface area contributed by atoms with Crippen LogP contribution in [0.5, 0.6) is 5.75 Å². The first-order valence-corrected chi connectivity index (χ1v) is 7.70. The quantitative estimate of drug-likeness (QED) is 0.583. The van der Waals surface area contributed by atoms with Gasteiger partial charge in [-0.1, -0.05) is 0 Å². The van der Waals surface area contributed by atoms with Gasteiger partial charge >= 0.3 is 6.16 Å². The minimum Gasteiger partial charge on any atom is -0.434 e. The molecule has 1 aliphatic rings. The predicted molar refractivity (Wildman–Crippen MR) is 86.0 cm³/mol. The second kappa shape index (κ2) is 7.14. The fourth-order valence-corrected chi connectivity index (χ4v) is 2.43. The lowest BCUT2D eigenvalue weighted by Gasteiger charge is -2.13. The van der Waals surface area contributed by atoms with Gasteiger partial charge in [-0.2, -0.15) is 5.10 Å². The first-order valence-electron chi connectivity index (χ1n) is 7.70. The normalized spacial score (nSPS) is 13.0. The number of benzene rings is 1. The Labute approximate surface area is 138 Å². The van der Waals surface area contributed by atoms with Crippen LogP contribution in [-0.4, -0.2) is 35.4 Å². The standard InChI is InChI=1S/C16H18N4O4/c1-2-23-16(22)24-11-5-3-10(4-6-11)15(21)18-14-12-9-17-8-7-13(12)19-20-14/h3-6,17H,2,7-9H2,1H3,(H2,18,19,20,21). The third kappa shape index (κ3) is 3.54. The second-order valence-corrected chi connectivity index (χ2v) is 5.22. The summed E-state index contributed by atoms with van der Waals surface area (Å²) in [5.74, 6) is 0.568. The van der Waals surface area contributed by atoms with Crippen LogP contribution in [-0.2, 0) is 17.7 Å². The zero-order valence-electron chi connectivity index (χ0n) is 13.2. The molecule has 0 radical (unpaired) electrons. The lowest BCUT2D eigenvalue weighted by molar-refractivity contribution is 0.102. The van der Waals surface area contributed by atoms with Gasteiger partial charge in [0.05, 0.1) is 6.61 Å². The Morgan fingerprint density at radius 1 is 1.29 bits per heavy atom. The molecule has 3 N–H and O–H groups in total. The van der Waals surface area contributed by atoms with Crippen molar-refractivity contribution < 1.29 is 19.1 Å². The van der Waals surface area contributed by atoms with Crippen LogP contribution in [0, 0.1) is 0 Å². The smallest absolute Gasteiger partial charge is 0.434 e. The second-order valence-electron chi connectivity index (χ2n) is 5.22. The van der Waals surface area contributed by atoms with Crippen molar-refractivity contribution in [3.63, 3.8) is 0 Å². The molecular formula is C16H18N4O4. The van der Waals surface area contributed by atoms with E-state index >= 15 is 0 Å². The number of aromatic nitrogens is 2. The predicted octanol–water partition coefficient (Wildman–Crippen LogP) is 1.84. The first kappa shape index (κ1) is 16.0. The van der Waals surface area contributed by atoms with Crippen molar-refractivity contribution in [1.82, 2.24) is 15.5 Å². The highest BCUT2D eigenvalue weighted by Gasteiger charge is 2.18. The van der Waals surface area contributed by atoms with E-state index in [2.05, 4.69) is 25.6 Å². The van der Waals surface area contributed by atoms with E-state index in [0.29, 0.717) is 23.7 Å². The zero-order chi connectivity index (χ0) is 16.9. The van der Waals surface area contributed by atoms with E-state index in [1.54, 1.807) is 19.1 Å². The van der Waals surface area contributed by atoms with Crippen molar-refractivity contribution in [3.8, 4) is 5.75 Å². The van der Waals surface area contributed by atoms with Crippen LogP contribution in [0.15, 0.2) is 24.3 Å². The topological polar surface area (TPSA) is 105 Å². The van der Waals surface area contributed by atoms with E-state index in [4.69, 9.17) is 4.74 Å². The number of ether oxygens (including phenoxy) is 2. The molecule has 0 atom stereocenters. The highest BCUT2D eigenvalue weighted by molar-refractivity contribution is 6.04. The number of hydrogen-bond donors (Lipinski definition) is 3. The van der Waals surface area contributed by atoms with E-state index in [1.165, 1.54) is 12.1 Å². The lowest BCUT2D eigenvalue weighted by atomic mass is 10.1. The minimum atomic E-state index is -0.773. The highest BCUT2D eigenvalue weighted by atomic mass is 16.7. The fraction of sp³-hybridized carbons (Fsp3) is 0.312. The number of carbonyl (C=O) groups is 2. The van der Waals surface area contributed by atoms with Crippen LogP contribution in [0.25, 0.3) is 0 Å². The number of amides is 1. The number of aromatic amines is 1. The molecule has 1 aliphatic heterocycles. The van der Waals surface area contributed by atoms with Crippen LogP contribution in [0.2, 0.25) is 0 Å². The van der Waals surface area contributed by atoms with Crippen LogP contribution in [0.3, 0.4) is 0 Å².